The summed E-state index contributed by atoms with van der Waals surface area (Å²) in [6.45, 7) is 0. The smallest absolute Gasteiger partial charge is 0.220 e. The first kappa shape index (κ1) is 33.4. The van der Waals surface area contributed by atoms with Crippen molar-refractivity contribution in [2.45, 2.75) is 0 Å². The highest BCUT2D eigenvalue weighted by atomic mass is 15.2. The summed E-state index contributed by atoms with van der Waals surface area (Å²) in [4.78, 5) is 15.6. The van der Waals surface area contributed by atoms with Crippen LogP contribution in [0.15, 0.2) is 212 Å². The lowest BCUT2D eigenvalue weighted by Gasteiger charge is -2.15. The van der Waals surface area contributed by atoms with Crippen LogP contribution in [0, 0.1) is 0 Å². The van der Waals surface area contributed by atoms with Gasteiger partial charge in [-0.1, -0.05) is 170 Å². The van der Waals surface area contributed by atoms with Gasteiger partial charge in [0, 0.05) is 22.3 Å². The Kier molecular flexibility index (Phi) is 8.07. The van der Waals surface area contributed by atoms with Gasteiger partial charge in [-0.25, -0.2) is 15.0 Å². The van der Waals surface area contributed by atoms with Gasteiger partial charge in [0.1, 0.15) is 0 Å². The van der Waals surface area contributed by atoms with Gasteiger partial charge in [0.15, 0.2) is 5.82 Å². The highest BCUT2D eigenvalue weighted by Crippen LogP contribution is 2.39. The molecule has 11 rings (SSSR count). The van der Waals surface area contributed by atoms with Crippen LogP contribution in [-0.4, -0.2) is 23.9 Å². The van der Waals surface area contributed by atoms with Gasteiger partial charge in [0.05, 0.1) is 39.1 Å². The SMILES string of the molecule is c1ccc(-c2ccc3nc4n(-c5ccc(-c6cc(-c7ccccc7)nc(-c7ccccc7)n6)cc5-c5ccccc5)c5ccc(-c6ccccc6)cc5n4c3c2)cc1. The number of imidazole rings is 2. The molecule has 0 aliphatic carbocycles. The standard InChI is InChI=1S/C53H35N5/c1-6-16-36(17-7-1)41-26-29-45-50(33-41)58-51-34-42(37-18-8-2-9-19-37)27-31-49(51)57(53(58)56-45)48-30-28-43(32-44(48)38-20-10-3-11-21-38)47-35-46(39-22-12-4-13-23-39)54-52(55-47)40-24-14-5-15-25-40/h1-35H. The highest BCUT2D eigenvalue weighted by Gasteiger charge is 2.22. The Morgan fingerprint density at radius 1 is 0.310 bits per heavy atom. The van der Waals surface area contributed by atoms with Crippen LogP contribution in [0.25, 0.3) is 101 Å². The lowest BCUT2D eigenvalue weighted by atomic mass is 9.98. The molecular formula is C53H35N5. The van der Waals surface area contributed by atoms with Gasteiger partial charge in [-0.3, -0.25) is 8.97 Å². The number of benzene rings is 8. The molecule has 11 aromatic rings. The van der Waals surface area contributed by atoms with Gasteiger partial charge in [-0.15, -0.1) is 0 Å². The molecule has 5 heteroatoms. The molecule has 0 saturated heterocycles. The minimum absolute atomic E-state index is 0.688. The second-order valence-electron chi connectivity index (χ2n) is 14.5. The molecule has 58 heavy (non-hydrogen) atoms. The van der Waals surface area contributed by atoms with Crippen molar-refractivity contribution >= 4 is 27.8 Å². The fraction of sp³-hybridized carbons (Fsp3) is 0. The molecule has 0 amide bonds. The monoisotopic (exact) mass is 741 g/mol. The number of hydrogen-bond donors (Lipinski definition) is 0. The van der Waals surface area contributed by atoms with E-state index in [4.69, 9.17) is 15.0 Å². The molecule has 3 heterocycles. The highest BCUT2D eigenvalue weighted by molar-refractivity contribution is 5.97. The Balaban J connectivity index is 1.17. The predicted octanol–water partition coefficient (Wildman–Crippen LogP) is 13.2. The van der Waals surface area contributed by atoms with E-state index in [1.165, 1.54) is 11.1 Å². The van der Waals surface area contributed by atoms with Crippen molar-refractivity contribution in [1.82, 2.24) is 23.9 Å². The summed E-state index contributed by atoms with van der Waals surface area (Å²) in [6, 6.07) is 74.4. The molecule has 0 saturated carbocycles. The van der Waals surface area contributed by atoms with E-state index < -0.39 is 0 Å². The van der Waals surface area contributed by atoms with Crippen molar-refractivity contribution in [2.24, 2.45) is 0 Å². The maximum atomic E-state index is 5.38. The van der Waals surface area contributed by atoms with Gasteiger partial charge in [-0.05, 0) is 70.3 Å². The fourth-order valence-electron chi connectivity index (χ4n) is 8.11. The van der Waals surface area contributed by atoms with Crippen LogP contribution in [0.1, 0.15) is 0 Å². The predicted molar refractivity (Wildman–Crippen MR) is 238 cm³/mol. The van der Waals surface area contributed by atoms with Crippen LogP contribution in [-0.2, 0) is 0 Å². The minimum Gasteiger partial charge on any atom is -0.278 e. The van der Waals surface area contributed by atoms with Crippen molar-refractivity contribution < 1.29 is 0 Å². The molecule has 8 aromatic carbocycles. The third-order valence-corrected chi connectivity index (χ3v) is 11.0. The van der Waals surface area contributed by atoms with E-state index in [9.17, 15) is 0 Å². The summed E-state index contributed by atoms with van der Waals surface area (Å²) < 4.78 is 4.65. The Morgan fingerprint density at radius 2 is 0.810 bits per heavy atom. The van der Waals surface area contributed by atoms with Crippen LogP contribution in [0.3, 0.4) is 0 Å². The van der Waals surface area contributed by atoms with Crippen LogP contribution in [0.4, 0.5) is 0 Å². The maximum Gasteiger partial charge on any atom is 0.220 e. The van der Waals surface area contributed by atoms with Crippen molar-refractivity contribution in [1.29, 1.82) is 0 Å². The number of nitrogens with zero attached hydrogens (tertiary/aromatic N) is 5. The van der Waals surface area contributed by atoms with Gasteiger partial charge < -0.3 is 0 Å². The van der Waals surface area contributed by atoms with Crippen LogP contribution in [0.5, 0.6) is 0 Å². The van der Waals surface area contributed by atoms with Gasteiger partial charge in [-0.2, -0.15) is 0 Å². The molecule has 0 aliphatic heterocycles. The summed E-state index contributed by atoms with van der Waals surface area (Å²) in [5.74, 6) is 1.54. The van der Waals surface area contributed by atoms with Gasteiger partial charge >= 0.3 is 0 Å². The van der Waals surface area contributed by atoms with E-state index in [2.05, 4.69) is 185 Å². The Bertz CT molecular complexity index is 3190. The van der Waals surface area contributed by atoms with Crippen molar-refractivity contribution in [3.63, 3.8) is 0 Å². The van der Waals surface area contributed by atoms with E-state index in [1.807, 2.05) is 36.4 Å². The average Bonchev–Trinajstić information content (AvgIpc) is 3.84. The number of hydrogen-bond acceptors (Lipinski definition) is 3. The zero-order valence-electron chi connectivity index (χ0n) is 31.4. The molecule has 0 atom stereocenters. The summed E-state index contributed by atoms with van der Waals surface area (Å²) in [5.41, 5.74) is 16.7. The molecule has 0 N–H and O–H groups in total. The maximum absolute atomic E-state index is 5.38. The molecule has 0 spiro atoms. The first-order chi connectivity index (χ1) is 28.7. The molecule has 5 nitrogen and oxygen atoms in total. The average molecular weight is 742 g/mol. The molecule has 0 fully saturated rings. The largest absolute Gasteiger partial charge is 0.278 e. The molecule has 0 bridgehead atoms. The van der Waals surface area contributed by atoms with Crippen molar-refractivity contribution in [3.05, 3.63) is 212 Å². The second kappa shape index (κ2) is 14.0. The number of fused-ring (bicyclic) bond motifs is 5. The Hall–Kier alpha value is -7.89. The molecule has 272 valence electrons. The van der Waals surface area contributed by atoms with Crippen molar-refractivity contribution in [2.75, 3.05) is 0 Å². The van der Waals surface area contributed by atoms with E-state index >= 15 is 0 Å². The normalized spacial score (nSPS) is 11.4. The minimum atomic E-state index is 0.688. The quantitative estimate of drug-likeness (QED) is 0.163. The van der Waals surface area contributed by atoms with Crippen LogP contribution in [0.2, 0.25) is 0 Å². The summed E-state index contributed by atoms with van der Waals surface area (Å²) in [6.07, 6.45) is 0. The van der Waals surface area contributed by atoms with Crippen LogP contribution >= 0.6 is 0 Å². The molecule has 3 aromatic heterocycles. The first-order valence-electron chi connectivity index (χ1n) is 19.5. The topological polar surface area (TPSA) is 48.0 Å². The Labute approximate surface area is 335 Å². The molecule has 0 unspecified atom stereocenters. The van der Waals surface area contributed by atoms with Gasteiger partial charge in [0.2, 0.25) is 5.78 Å². The molecule has 0 radical (unpaired) electrons. The van der Waals surface area contributed by atoms with E-state index in [0.717, 1.165) is 83.9 Å². The van der Waals surface area contributed by atoms with Gasteiger partial charge in [0.25, 0.3) is 0 Å². The number of aromatic nitrogens is 5. The third kappa shape index (κ3) is 5.85. The number of rotatable bonds is 7. The van der Waals surface area contributed by atoms with E-state index in [1.54, 1.807) is 0 Å². The zero-order chi connectivity index (χ0) is 38.4. The third-order valence-electron chi connectivity index (χ3n) is 11.0. The van der Waals surface area contributed by atoms with Crippen LogP contribution < -0.4 is 0 Å². The lowest BCUT2D eigenvalue weighted by molar-refractivity contribution is 1.11. The Morgan fingerprint density at radius 3 is 1.43 bits per heavy atom. The summed E-state index contributed by atoms with van der Waals surface area (Å²) >= 11 is 0. The summed E-state index contributed by atoms with van der Waals surface area (Å²) in [7, 11) is 0. The van der Waals surface area contributed by atoms with E-state index in [-0.39, 0.29) is 0 Å². The summed E-state index contributed by atoms with van der Waals surface area (Å²) in [5, 5.41) is 0. The molecular weight excluding hydrogens is 707 g/mol. The molecule has 0 aliphatic rings. The first-order valence-corrected chi connectivity index (χ1v) is 19.5. The zero-order valence-corrected chi connectivity index (χ0v) is 31.4. The second-order valence-corrected chi connectivity index (χ2v) is 14.5. The fourth-order valence-corrected chi connectivity index (χ4v) is 8.11. The van der Waals surface area contributed by atoms with E-state index in [0.29, 0.717) is 5.82 Å². The lowest BCUT2D eigenvalue weighted by Crippen LogP contribution is -2.00. The van der Waals surface area contributed by atoms with Crippen molar-refractivity contribution in [3.8, 4) is 73.0 Å².